The molecule has 1 unspecified atom stereocenters. The fourth-order valence-corrected chi connectivity index (χ4v) is 3.15. The maximum absolute atomic E-state index is 12.6. The molecule has 29 heavy (non-hydrogen) atoms. The number of benzene rings is 1. The first-order valence-corrected chi connectivity index (χ1v) is 9.03. The summed E-state index contributed by atoms with van der Waals surface area (Å²) in [7, 11) is 0. The number of rotatable bonds is 6. The fraction of sp³-hybridized carbons (Fsp3) is 0.263. The fourth-order valence-electron chi connectivity index (χ4n) is 3.15. The number of ether oxygens (including phenoxy) is 1. The number of aryl methyl sites for hydroxylation is 2. The number of hydrogen-bond donors (Lipinski definition) is 3. The Morgan fingerprint density at radius 3 is 2.79 bits per heavy atom. The molecule has 3 aromatic rings. The Hall–Kier alpha value is -2.95. The van der Waals surface area contributed by atoms with Crippen LogP contribution in [0.1, 0.15) is 17.2 Å². The second-order valence-corrected chi connectivity index (χ2v) is 6.58. The number of nitrogens with zero attached hydrogens (tertiary/aromatic N) is 3. The number of halogens is 3. The van der Waals surface area contributed by atoms with Gasteiger partial charge in [0, 0.05) is 25.5 Å². The van der Waals surface area contributed by atoms with E-state index in [1.807, 2.05) is 22.9 Å². The molecular formula is C19H19F3N6O. The summed E-state index contributed by atoms with van der Waals surface area (Å²) in [6.45, 7) is 1.21. The van der Waals surface area contributed by atoms with Gasteiger partial charge in [0.2, 0.25) is 0 Å². The van der Waals surface area contributed by atoms with E-state index < -0.39 is 6.36 Å². The highest BCUT2D eigenvalue weighted by Gasteiger charge is 2.31. The molecule has 1 aromatic carbocycles. The van der Waals surface area contributed by atoms with Gasteiger partial charge < -0.3 is 9.30 Å². The molecule has 1 aliphatic rings. The van der Waals surface area contributed by atoms with Crippen LogP contribution in [-0.2, 0) is 13.0 Å². The molecule has 0 amide bonds. The SMILES string of the molecule is FC(F)(F)Oc1ccccc1CCn1cnc(-c2cc(C3CNNN3)ccn2)c1. The van der Waals surface area contributed by atoms with E-state index in [4.69, 9.17) is 0 Å². The predicted molar refractivity (Wildman–Crippen MR) is 99.3 cm³/mol. The molecule has 1 saturated heterocycles. The summed E-state index contributed by atoms with van der Waals surface area (Å²) in [4.78, 5) is 8.76. The summed E-state index contributed by atoms with van der Waals surface area (Å²) in [6, 6.07) is 10.2. The van der Waals surface area contributed by atoms with Gasteiger partial charge >= 0.3 is 6.36 Å². The number of aromatic nitrogens is 3. The minimum atomic E-state index is -4.71. The van der Waals surface area contributed by atoms with Gasteiger partial charge in [-0.1, -0.05) is 18.2 Å². The Morgan fingerprint density at radius 1 is 1.14 bits per heavy atom. The van der Waals surface area contributed by atoms with E-state index in [-0.39, 0.29) is 11.8 Å². The quantitative estimate of drug-likeness (QED) is 0.587. The molecule has 1 aliphatic heterocycles. The van der Waals surface area contributed by atoms with Gasteiger partial charge in [-0.25, -0.2) is 15.8 Å². The molecule has 3 N–H and O–H groups in total. The number of alkyl halides is 3. The van der Waals surface area contributed by atoms with E-state index in [9.17, 15) is 13.2 Å². The standard InChI is InChI=1S/C19H19F3N6O/c20-19(21,22)29-18-4-2-1-3-13(18)6-8-28-11-17(24-12-28)15-9-14(5-7-23-15)16-10-25-27-26-16/h1-5,7,9,11-12,16,25-27H,6,8,10H2. The molecule has 0 spiro atoms. The molecule has 0 bridgehead atoms. The molecule has 0 aliphatic carbocycles. The molecule has 3 heterocycles. The molecule has 4 rings (SSSR count). The smallest absolute Gasteiger partial charge is 0.406 e. The summed E-state index contributed by atoms with van der Waals surface area (Å²) in [5.41, 5.74) is 12.0. The zero-order valence-electron chi connectivity index (χ0n) is 15.3. The van der Waals surface area contributed by atoms with Gasteiger partial charge in [0.15, 0.2) is 0 Å². The molecule has 0 saturated carbocycles. The van der Waals surface area contributed by atoms with E-state index >= 15 is 0 Å². The molecule has 2 aromatic heterocycles. The average molecular weight is 404 g/mol. The van der Waals surface area contributed by atoms with Crippen molar-refractivity contribution in [3.8, 4) is 17.1 Å². The van der Waals surface area contributed by atoms with Crippen molar-refractivity contribution < 1.29 is 17.9 Å². The lowest BCUT2D eigenvalue weighted by molar-refractivity contribution is -0.274. The lowest BCUT2D eigenvalue weighted by atomic mass is 10.1. The second kappa shape index (κ2) is 8.19. The number of nitrogens with one attached hydrogen (secondary N) is 3. The maximum atomic E-state index is 12.6. The number of para-hydroxylation sites is 1. The highest BCUT2D eigenvalue weighted by atomic mass is 19.4. The van der Waals surface area contributed by atoms with Gasteiger partial charge in [-0.3, -0.25) is 4.98 Å². The lowest BCUT2D eigenvalue weighted by Crippen LogP contribution is -2.30. The van der Waals surface area contributed by atoms with Gasteiger partial charge in [0.1, 0.15) is 11.4 Å². The minimum absolute atomic E-state index is 0.129. The summed E-state index contributed by atoms with van der Waals surface area (Å²) >= 11 is 0. The van der Waals surface area contributed by atoms with Crippen molar-refractivity contribution in [2.45, 2.75) is 25.4 Å². The van der Waals surface area contributed by atoms with Crippen molar-refractivity contribution in [2.24, 2.45) is 0 Å². The van der Waals surface area contributed by atoms with Crippen molar-refractivity contribution in [2.75, 3.05) is 6.54 Å². The zero-order chi connectivity index (χ0) is 20.3. The van der Waals surface area contributed by atoms with Gasteiger partial charge in [-0.05, 0) is 35.7 Å². The normalized spacial score (nSPS) is 16.9. The Kier molecular flexibility index (Phi) is 5.47. The highest BCUT2D eigenvalue weighted by molar-refractivity contribution is 5.54. The lowest BCUT2D eigenvalue weighted by Gasteiger charge is -2.13. The van der Waals surface area contributed by atoms with Crippen LogP contribution in [0.5, 0.6) is 5.75 Å². The summed E-state index contributed by atoms with van der Waals surface area (Å²) in [6.07, 6.45) is 0.868. The Bertz CT molecular complexity index is 968. The van der Waals surface area contributed by atoms with Crippen LogP contribution in [0.25, 0.3) is 11.4 Å². The summed E-state index contributed by atoms with van der Waals surface area (Å²) in [5.74, 6) is -0.180. The largest absolute Gasteiger partial charge is 0.573 e. The monoisotopic (exact) mass is 404 g/mol. The van der Waals surface area contributed by atoms with E-state index in [2.05, 4.69) is 31.1 Å². The van der Waals surface area contributed by atoms with Crippen LogP contribution in [0.3, 0.4) is 0 Å². The molecular weight excluding hydrogens is 385 g/mol. The summed E-state index contributed by atoms with van der Waals surface area (Å²) in [5, 5.41) is 0. The van der Waals surface area contributed by atoms with Crippen molar-refractivity contribution in [1.82, 2.24) is 30.9 Å². The third kappa shape index (κ3) is 4.91. The van der Waals surface area contributed by atoms with Crippen LogP contribution in [-0.4, -0.2) is 27.4 Å². The third-order valence-corrected chi connectivity index (χ3v) is 4.56. The van der Waals surface area contributed by atoms with Crippen LogP contribution in [0.15, 0.2) is 55.1 Å². The van der Waals surface area contributed by atoms with Gasteiger partial charge in [0.25, 0.3) is 0 Å². The minimum Gasteiger partial charge on any atom is -0.406 e. The van der Waals surface area contributed by atoms with Gasteiger partial charge in [0.05, 0.1) is 18.1 Å². The van der Waals surface area contributed by atoms with Gasteiger partial charge in [-0.15, -0.1) is 13.2 Å². The molecule has 152 valence electrons. The molecule has 1 atom stereocenters. The van der Waals surface area contributed by atoms with Crippen LogP contribution in [0.4, 0.5) is 13.2 Å². The molecule has 7 nitrogen and oxygen atoms in total. The first kappa shape index (κ1) is 19.4. The third-order valence-electron chi connectivity index (χ3n) is 4.56. The van der Waals surface area contributed by atoms with Crippen LogP contribution in [0, 0.1) is 0 Å². The first-order valence-electron chi connectivity index (χ1n) is 9.03. The Balaban J connectivity index is 1.45. The van der Waals surface area contributed by atoms with Crippen molar-refractivity contribution in [3.05, 3.63) is 66.2 Å². The van der Waals surface area contributed by atoms with Crippen LogP contribution in [0.2, 0.25) is 0 Å². The zero-order valence-corrected chi connectivity index (χ0v) is 15.3. The van der Waals surface area contributed by atoms with E-state index in [0.717, 1.165) is 17.8 Å². The summed E-state index contributed by atoms with van der Waals surface area (Å²) < 4.78 is 43.6. The Morgan fingerprint density at radius 2 is 2.00 bits per heavy atom. The second-order valence-electron chi connectivity index (χ2n) is 6.58. The highest BCUT2D eigenvalue weighted by Crippen LogP contribution is 2.27. The van der Waals surface area contributed by atoms with Crippen molar-refractivity contribution in [1.29, 1.82) is 0 Å². The van der Waals surface area contributed by atoms with Crippen molar-refractivity contribution >= 4 is 0 Å². The molecule has 0 radical (unpaired) electrons. The number of imidazole rings is 1. The Labute approximate surface area is 164 Å². The molecule has 10 heteroatoms. The predicted octanol–water partition coefficient (Wildman–Crippen LogP) is 2.74. The number of hydrazine groups is 2. The van der Waals surface area contributed by atoms with Crippen LogP contribution >= 0.6 is 0 Å². The van der Waals surface area contributed by atoms with Crippen LogP contribution < -0.4 is 21.1 Å². The number of pyridine rings is 1. The number of hydrogen-bond acceptors (Lipinski definition) is 6. The first-order chi connectivity index (χ1) is 14.0. The van der Waals surface area contributed by atoms with Gasteiger partial charge in [-0.2, -0.15) is 5.53 Å². The topological polar surface area (TPSA) is 76.0 Å². The maximum Gasteiger partial charge on any atom is 0.573 e. The van der Waals surface area contributed by atoms with E-state index in [0.29, 0.717) is 24.2 Å². The van der Waals surface area contributed by atoms with E-state index in [1.165, 1.54) is 12.1 Å². The van der Waals surface area contributed by atoms with Crippen molar-refractivity contribution in [3.63, 3.8) is 0 Å². The average Bonchev–Trinajstić information content (AvgIpc) is 3.39. The molecule has 1 fully saturated rings. The van der Waals surface area contributed by atoms with E-state index in [1.54, 1.807) is 24.7 Å².